The van der Waals surface area contributed by atoms with E-state index in [2.05, 4.69) is 6.92 Å². The Labute approximate surface area is 142 Å². The van der Waals surface area contributed by atoms with Crippen LogP contribution >= 0.6 is 9.69 Å². The Kier molecular flexibility index (Phi) is 28.3. The van der Waals surface area contributed by atoms with E-state index in [4.69, 9.17) is 16.3 Å². The van der Waals surface area contributed by atoms with Gasteiger partial charge >= 0.3 is 27.0 Å². The summed E-state index contributed by atoms with van der Waals surface area (Å²) in [5, 5.41) is 0. The van der Waals surface area contributed by atoms with Crippen LogP contribution in [0.25, 0.3) is 0 Å². The fourth-order valence-electron chi connectivity index (χ4n) is 1.33. The van der Waals surface area contributed by atoms with Gasteiger partial charge in [-0.3, -0.25) is 6.08 Å². The molecule has 106 valence electrons. The van der Waals surface area contributed by atoms with E-state index in [0.29, 0.717) is 0 Å². The minimum absolute atomic E-state index is 0.847. The standard InChI is InChI=1S/C8H15.2C5H5.ClH.Zn/c1-3-5-7-8-6-4-2;2*1-2-4-5-3-1;;/h1,3H,4-8H2,2H3;2*1-5H;1H;/q-1;;;;+2/p-1. The Morgan fingerprint density at radius 1 is 0.750 bits per heavy atom. The third-order valence-corrected chi connectivity index (χ3v) is 2.34. The van der Waals surface area contributed by atoms with Gasteiger partial charge in [-0.05, 0) is 64.2 Å². The van der Waals surface area contributed by atoms with Crippen molar-refractivity contribution in [2.45, 2.75) is 39.0 Å². The molecule has 0 saturated heterocycles. The van der Waals surface area contributed by atoms with E-state index in [1.807, 2.05) is 64.2 Å². The predicted molar refractivity (Wildman–Crippen MR) is 86.5 cm³/mol. The van der Waals surface area contributed by atoms with Gasteiger partial charge in [0.05, 0.1) is 0 Å². The fourth-order valence-corrected chi connectivity index (χ4v) is 1.33. The normalized spacial score (nSPS) is 16.0. The molecule has 2 aliphatic rings. The van der Waals surface area contributed by atoms with Gasteiger partial charge in [0.25, 0.3) is 0 Å². The quantitative estimate of drug-likeness (QED) is 0.343. The SMILES string of the molecule is [CH-]=CCCCCCC.[CH]1[CH][CH][CH][CH]1.[CH]1[CH][CH][CH][CH]1.[Cl][Zn+]. The van der Waals surface area contributed by atoms with Crippen LogP contribution in [0.2, 0.25) is 0 Å². The van der Waals surface area contributed by atoms with Crippen molar-refractivity contribution >= 4 is 9.69 Å². The molecule has 0 aromatic rings. The van der Waals surface area contributed by atoms with Crippen molar-refractivity contribution in [3.05, 3.63) is 76.9 Å². The molecule has 0 nitrogen and oxygen atoms in total. The van der Waals surface area contributed by atoms with E-state index in [0.717, 1.165) is 23.7 Å². The van der Waals surface area contributed by atoms with E-state index in [1.165, 1.54) is 25.7 Å². The molecular weight excluding hydrogens is 317 g/mol. The summed E-state index contributed by atoms with van der Waals surface area (Å²) >= 11 is 0.847. The van der Waals surface area contributed by atoms with E-state index >= 15 is 0 Å². The molecule has 2 aliphatic carbocycles. The Balaban J connectivity index is 0. The first kappa shape index (κ1) is 22.9. The first-order valence-corrected chi connectivity index (χ1v) is 10.9. The molecule has 10 radical (unpaired) electrons. The fraction of sp³-hybridized carbons (Fsp3) is 0.333. The van der Waals surface area contributed by atoms with Gasteiger partial charge in [-0.25, -0.2) is 0 Å². The van der Waals surface area contributed by atoms with Crippen LogP contribution < -0.4 is 0 Å². The monoisotopic (exact) mass is 340 g/mol. The van der Waals surface area contributed by atoms with Crippen molar-refractivity contribution in [1.29, 1.82) is 0 Å². The maximum atomic E-state index is 5.19. The van der Waals surface area contributed by atoms with Crippen molar-refractivity contribution in [3.8, 4) is 0 Å². The molecule has 0 amide bonds. The topological polar surface area (TPSA) is 0 Å². The summed E-state index contributed by atoms with van der Waals surface area (Å²) in [4.78, 5) is 0. The van der Waals surface area contributed by atoms with E-state index in [-0.39, 0.29) is 0 Å². The average Bonchev–Trinajstić information content (AvgIpc) is 3.24. The summed E-state index contributed by atoms with van der Waals surface area (Å²) in [6.07, 6.45) is 28.1. The van der Waals surface area contributed by atoms with Crippen molar-refractivity contribution < 1.29 is 17.3 Å². The summed E-state index contributed by atoms with van der Waals surface area (Å²) < 4.78 is 0. The predicted octanol–water partition coefficient (Wildman–Crippen LogP) is 5.68. The van der Waals surface area contributed by atoms with Gasteiger partial charge in [0.2, 0.25) is 0 Å². The van der Waals surface area contributed by atoms with Gasteiger partial charge in [-0.1, -0.05) is 39.0 Å². The van der Waals surface area contributed by atoms with Crippen LogP contribution in [0.15, 0.2) is 6.08 Å². The molecule has 0 bridgehead atoms. The van der Waals surface area contributed by atoms with Gasteiger partial charge in [-0.15, -0.1) is 0 Å². The van der Waals surface area contributed by atoms with Crippen molar-refractivity contribution in [1.82, 2.24) is 0 Å². The van der Waals surface area contributed by atoms with Crippen molar-refractivity contribution in [3.63, 3.8) is 0 Å². The Morgan fingerprint density at radius 3 is 1.35 bits per heavy atom. The first-order valence-electron chi connectivity index (χ1n) is 7.05. The molecule has 2 saturated carbocycles. The van der Waals surface area contributed by atoms with Gasteiger partial charge in [-0.2, -0.15) is 0 Å². The van der Waals surface area contributed by atoms with Gasteiger partial charge in [0.1, 0.15) is 0 Å². The first-order chi connectivity index (χ1) is 9.91. The molecule has 0 aliphatic heterocycles. The molecule has 0 atom stereocenters. The molecule has 0 N–H and O–H groups in total. The van der Waals surface area contributed by atoms with Crippen LogP contribution in [0.1, 0.15) is 39.0 Å². The Hall–Kier alpha value is 0.653. The van der Waals surface area contributed by atoms with Crippen molar-refractivity contribution in [2.75, 3.05) is 0 Å². The number of hydrogen-bond donors (Lipinski definition) is 0. The zero-order valence-electron chi connectivity index (χ0n) is 12.5. The Morgan fingerprint density at radius 2 is 1.10 bits per heavy atom. The third kappa shape index (κ3) is 23.7. The molecule has 0 spiro atoms. The van der Waals surface area contributed by atoms with Gasteiger partial charge < -0.3 is 6.58 Å². The van der Waals surface area contributed by atoms with Crippen LogP contribution in [-0.4, -0.2) is 0 Å². The van der Waals surface area contributed by atoms with Crippen LogP contribution in [0.4, 0.5) is 0 Å². The molecule has 2 rings (SSSR count). The minimum atomic E-state index is 0.847. The van der Waals surface area contributed by atoms with Crippen LogP contribution in [0.3, 0.4) is 0 Å². The number of rotatable bonds is 5. The summed E-state index contributed by atoms with van der Waals surface area (Å²) in [5.41, 5.74) is 0. The average molecular weight is 342 g/mol. The molecule has 0 unspecified atom stereocenters. The van der Waals surface area contributed by atoms with Crippen LogP contribution in [-0.2, 0) is 17.3 Å². The summed E-state index contributed by atoms with van der Waals surface area (Å²) in [5.74, 6) is 0. The van der Waals surface area contributed by atoms with E-state index < -0.39 is 0 Å². The second kappa shape index (κ2) is 24.7. The van der Waals surface area contributed by atoms with Gasteiger partial charge in [0, 0.05) is 0 Å². The zero-order valence-corrected chi connectivity index (χ0v) is 16.3. The van der Waals surface area contributed by atoms with Gasteiger partial charge in [0.15, 0.2) is 0 Å². The number of hydrogen-bond acceptors (Lipinski definition) is 0. The number of halogens is 1. The third-order valence-electron chi connectivity index (χ3n) is 2.34. The Bertz CT molecular complexity index is 126. The molecule has 0 aromatic heterocycles. The van der Waals surface area contributed by atoms with E-state index in [1.54, 1.807) is 6.08 Å². The zero-order chi connectivity index (χ0) is 15.3. The molecular formula is C18H25ClZn. The summed E-state index contributed by atoms with van der Waals surface area (Å²) in [6.45, 7) is 7.40. The molecule has 0 heterocycles. The number of allylic oxidation sites excluding steroid dienone is 1. The summed E-state index contributed by atoms with van der Waals surface area (Å²) in [6, 6.07) is 0. The van der Waals surface area contributed by atoms with Crippen molar-refractivity contribution in [2.24, 2.45) is 0 Å². The second-order valence-corrected chi connectivity index (χ2v) is 4.01. The molecule has 0 aromatic carbocycles. The summed E-state index contributed by atoms with van der Waals surface area (Å²) in [7, 11) is 4.76. The van der Waals surface area contributed by atoms with E-state index in [9.17, 15) is 0 Å². The number of unbranched alkanes of at least 4 members (excludes halogenated alkanes) is 4. The second-order valence-electron chi connectivity index (χ2n) is 4.01. The maximum absolute atomic E-state index is 5.19. The van der Waals surface area contributed by atoms with Crippen LogP contribution in [0, 0.1) is 70.8 Å². The van der Waals surface area contributed by atoms with Crippen LogP contribution in [0.5, 0.6) is 0 Å². The molecule has 20 heavy (non-hydrogen) atoms. The molecule has 2 heteroatoms. The molecule has 2 fully saturated rings.